The molecule has 17 heavy (non-hydrogen) atoms. The summed E-state index contributed by atoms with van der Waals surface area (Å²) in [6, 6.07) is 11.0. The number of hydrogen-bond donors (Lipinski definition) is 0. The van der Waals surface area contributed by atoms with Crippen LogP contribution in [0, 0.1) is 4.91 Å². The predicted octanol–water partition coefficient (Wildman–Crippen LogP) is 3.76. The van der Waals surface area contributed by atoms with Gasteiger partial charge in [-0.3, -0.25) is 0 Å². The molecule has 0 radical (unpaired) electrons. The van der Waals surface area contributed by atoms with E-state index in [4.69, 9.17) is 0 Å². The molecule has 3 rings (SSSR count). The number of pyridine rings is 1. The van der Waals surface area contributed by atoms with E-state index in [0.29, 0.717) is 5.69 Å². The van der Waals surface area contributed by atoms with Crippen molar-refractivity contribution < 1.29 is 0 Å². The van der Waals surface area contributed by atoms with Crippen molar-refractivity contribution in [1.82, 2.24) is 9.97 Å². The number of fused-ring (bicyclic) bond motifs is 1. The van der Waals surface area contributed by atoms with E-state index in [1.54, 1.807) is 35.7 Å². The van der Waals surface area contributed by atoms with Gasteiger partial charge in [-0.1, -0.05) is 12.1 Å². The highest BCUT2D eigenvalue weighted by Crippen LogP contribution is 2.30. The van der Waals surface area contributed by atoms with Gasteiger partial charge in [0.2, 0.25) is 0 Å². The molecule has 0 saturated heterocycles. The molecule has 0 spiro atoms. The van der Waals surface area contributed by atoms with Gasteiger partial charge in [-0.2, -0.15) is 0 Å². The van der Waals surface area contributed by atoms with Crippen LogP contribution in [0.2, 0.25) is 0 Å². The first kappa shape index (κ1) is 10.0. The second-order valence-electron chi connectivity index (χ2n) is 3.49. The SMILES string of the molecule is O=Nc1cccc(-c2nc3ncccc3s2)c1. The summed E-state index contributed by atoms with van der Waals surface area (Å²) in [5.41, 5.74) is 2.04. The van der Waals surface area contributed by atoms with E-state index in [2.05, 4.69) is 15.1 Å². The topological polar surface area (TPSA) is 55.2 Å². The predicted molar refractivity (Wildman–Crippen MR) is 68.3 cm³/mol. The second-order valence-corrected chi connectivity index (χ2v) is 4.52. The van der Waals surface area contributed by atoms with E-state index in [1.165, 1.54) is 0 Å². The molecule has 0 atom stereocenters. The Morgan fingerprint density at radius 2 is 2.12 bits per heavy atom. The van der Waals surface area contributed by atoms with Gasteiger partial charge in [0.25, 0.3) is 0 Å². The summed E-state index contributed by atoms with van der Waals surface area (Å²) in [7, 11) is 0. The Hall–Kier alpha value is -2.14. The van der Waals surface area contributed by atoms with Gasteiger partial charge in [-0.25, -0.2) is 9.97 Å². The van der Waals surface area contributed by atoms with Crippen LogP contribution >= 0.6 is 11.3 Å². The van der Waals surface area contributed by atoms with Crippen molar-refractivity contribution in [2.24, 2.45) is 5.18 Å². The molecular formula is C12H7N3OS. The number of benzene rings is 1. The molecule has 0 bridgehead atoms. The highest BCUT2D eigenvalue weighted by Gasteiger charge is 2.07. The van der Waals surface area contributed by atoms with Crippen molar-refractivity contribution >= 4 is 27.4 Å². The van der Waals surface area contributed by atoms with E-state index < -0.39 is 0 Å². The van der Waals surface area contributed by atoms with Crippen LogP contribution in [0.25, 0.3) is 20.9 Å². The molecule has 2 aromatic heterocycles. The first-order chi connectivity index (χ1) is 8.36. The summed E-state index contributed by atoms with van der Waals surface area (Å²) in [5, 5.41) is 3.77. The first-order valence-corrected chi connectivity index (χ1v) is 5.84. The maximum atomic E-state index is 10.5. The number of nitrogens with zero attached hydrogens (tertiary/aromatic N) is 3. The van der Waals surface area contributed by atoms with Crippen molar-refractivity contribution in [2.75, 3.05) is 0 Å². The monoisotopic (exact) mass is 241 g/mol. The van der Waals surface area contributed by atoms with E-state index in [9.17, 15) is 4.91 Å². The Morgan fingerprint density at radius 1 is 1.18 bits per heavy atom. The van der Waals surface area contributed by atoms with E-state index >= 15 is 0 Å². The van der Waals surface area contributed by atoms with Crippen LogP contribution in [-0.2, 0) is 0 Å². The average molecular weight is 241 g/mol. The van der Waals surface area contributed by atoms with E-state index in [0.717, 1.165) is 20.9 Å². The maximum absolute atomic E-state index is 10.5. The zero-order valence-corrected chi connectivity index (χ0v) is 9.52. The van der Waals surface area contributed by atoms with E-state index in [1.807, 2.05) is 18.2 Å². The fraction of sp³-hybridized carbons (Fsp3) is 0. The third-order valence-corrected chi connectivity index (χ3v) is 3.42. The minimum absolute atomic E-state index is 0.412. The third kappa shape index (κ3) is 1.81. The Kier molecular flexibility index (Phi) is 2.38. The average Bonchev–Trinajstić information content (AvgIpc) is 2.82. The zero-order valence-electron chi connectivity index (χ0n) is 8.70. The number of hydrogen-bond acceptors (Lipinski definition) is 5. The quantitative estimate of drug-likeness (QED) is 0.642. The van der Waals surface area contributed by atoms with Gasteiger partial charge in [0.05, 0.1) is 4.70 Å². The smallest absolute Gasteiger partial charge is 0.170 e. The summed E-state index contributed by atoms with van der Waals surface area (Å²) in [6.07, 6.45) is 1.72. The summed E-state index contributed by atoms with van der Waals surface area (Å²) in [6.45, 7) is 0. The Bertz CT molecular complexity index is 660. The molecule has 0 N–H and O–H groups in total. The molecule has 2 heterocycles. The van der Waals surface area contributed by atoms with Crippen molar-refractivity contribution in [3.05, 3.63) is 47.5 Å². The van der Waals surface area contributed by atoms with Crippen LogP contribution in [0.5, 0.6) is 0 Å². The van der Waals surface area contributed by atoms with Gasteiger partial charge in [-0.05, 0) is 29.4 Å². The van der Waals surface area contributed by atoms with Gasteiger partial charge in [0.15, 0.2) is 5.65 Å². The van der Waals surface area contributed by atoms with Gasteiger partial charge >= 0.3 is 0 Å². The van der Waals surface area contributed by atoms with Crippen LogP contribution in [0.15, 0.2) is 47.8 Å². The molecule has 1 aromatic carbocycles. The molecule has 3 aromatic rings. The van der Waals surface area contributed by atoms with Crippen LogP contribution in [0.3, 0.4) is 0 Å². The van der Waals surface area contributed by atoms with Crippen molar-refractivity contribution in [3.8, 4) is 10.6 Å². The molecule has 82 valence electrons. The third-order valence-electron chi connectivity index (χ3n) is 2.36. The molecule has 0 amide bonds. The highest BCUT2D eigenvalue weighted by molar-refractivity contribution is 7.21. The normalized spacial score (nSPS) is 10.6. The van der Waals surface area contributed by atoms with E-state index in [-0.39, 0.29) is 0 Å². The lowest BCUT2D eigenvalue weighted by atomic mass is 10.2. The minimum Gasteiger partial charge on any atom is -0.236 e. The standard InChI is InChI=1S/C12H7N3OS/c16-15-9-4-1-3-8(7-9)12-14-11-10(17-12)5-2-6-13-11/h1-7H. The van der Waals surface area contributed by atoms with Crippen molar-refractivity contribution in [2.45, 2.75) is 0 Å². The molecular weight excluding hydrogens is 234 g/mol. The van der Waals surface area contributed by atoms with Gasteiger partial charge in [-0.15, -0.1) is 16.2 Å². The minimum atomic E-state index is 0.412. The molecule has 4 nitrogen and oxygen atoms in total. The zero-order chi connectivity index (χ0) is 11.7. The van der Waals surface area contributed by atoms with Crippen molar-refractivity contribution in [3.63, 3.8) is 0 Å². The second kappa shape index (κ2) is 4.03. The lowest BCUT2D eigenvalue weighted by Crippen LogP contribution is -1.76. The number of nitroso groups, excluding NO2 is 1. The van der Waals surface area contributed by atoms with Crippen LogP contribution in [-0.4, -0.2) is 9.97 Å². The molecule has 0 aliphatic carbocycles. The fourth-order valence-corrected chi connectivity index (χ4v) is 2.51. The Labute approximate surface area is 101 Å². The maximum Gasteiger partial charge on any atom is 0.170 e. The number of rotatable bonds is 2. The summed E-state index contributed by atoms with van der Waals surface area (Å²) < 4.78 is 1.03. The first-order valence-electron chi connectivity index (χ1n) is 5.02. The van der Waals surface area contributed by atoms with Crippen LogP contribution < -0.4 is 0 Å². The number of thiazole rings is 1. The summed E-state index contributed by atoms with van der Waals surface area (Å²) in [4.78, 5) is 19.1. The molecule has 5 heteroatoms. The summed E-state index contributed by atoms with van der Waals surface area (Å²) >= 11 is 1.55. The highest BCUT2D eigenvalue weighted by atomic mass is 32.1. The Balaban J connectivity index is 2.16. The van der Waals surface area contributed by atoms with Crippen molar-refractivity contribution in [1.29, 1.82) is 0 Å². The molecule has 0 aliphatic rings. The largest absolute Gasteiger partial charge is 0.236 e. The summed E-state index contributed by atoms with van der Waals surface area (Å²) in [5.74, 6) is 0. The number of aromatic nitrogens is 2. The fourth-order valence-electron chi connectivity index (χ4n) is 1.59. The lowest BCUT2D eigenvalue weighted by Gasteiger charge is -1.94. The van der Waals surface area contributed by atoms with Crippen LogP contribution in [0.1, 0.15) is 0 Å². The molecule has 0 saturated carbocycles. The molecule has 0 aliphatic heterocycles. The lowest BCUT2D eigenvalue weighted by molar-refractivity contribution is 1.33. The molecule has 0 fully saturated rings. The van der Waals surface area contributed by atoms with Gasteiger partial charge in [0, 0.05) is 11.8 Å². The molecule has 0 unspecified atom stereocenters. The van der Waals surface area contributed by atoms with Crippen LogP contribution in [0.4, 0.5) is 5.69 Å². The Morgan fingerprint density at radius 3 is 2.94 bits per heavy atom. The van der Waals surface area contributed by atoms with Gasteiger partial charge < -0.3 is 0 Å². The van der Waals surface area contributed by atoms with Gasteiger partial charge in [0.1, 0.15) is 10.7 Å².